The van der Waals surface area contributed by atoms with Gasteiger partial charge in [0.15, 0.2) is 0 Å². The van der Waals surface area contributed by atoms with E-state index in [2.05, 4.69) is 27.6 Å². The fraction of sp³-hybridized carbons (Fsp3) is 0.333. The minimum absolute atomic E-state index is 0.00782. The Morgan fingerprint density at radius 2 is 2.00 bits per heavy atom. The number of aromatic nitrogens is 4. The number of rotatable bonds is 1. The number of nitrogens with one attached hydrogen (secondary N) is 1. The largest absolute Gasteiger partial charge is 0.327 e. The Labute approximate surface area is 132 Å². The van der Waals surface area contributed by atoms with Crippen molar-refractivity contribution < 1.29 is 0 Å². The summed E-state index contributed by atoms with van der Waals surface area (Å²) in [6.45, 7) is 2.94. The van der Waals surface area contributed by atoms with Crippen molar-refractivity contribution in [3.63, 3.8) is 0 Å². The van der Waals surface area contributed by atoms with Crippen LogP contribution in [-0.2, 0) is 19.4 Å². The lowest BCUT2D eigenvalue weighted by Crippen LogP contribution is -2.15. The second-order valence-corrected chi connectivity index (χ2v) is 6.31. The molecule has 1 N–H and O–H groups in total. The number of benzene rings is 1. The number of para-hydroxylation sites is 1. The van der Waals surface area contributed by atoms with Crippen LogP contribution in [0.1, 0.15) is 31.0 Å². The lowest BCUT2D eigenvalue weighted by atomic mass is 9.98. The zero-order valence-electron chi connectivity index (χ0n) is 13.1. The number of H-pyrrole nitrogens is 1. The summed E-state index contributed by atoms with van der Waals surface area (Å²) in [5.41, 5.74) is 5.20. The minimum Gasteiger partial charge on any atom is -0.327 e. The average molecular weight is 306 g/mol. The lowest BCUT2D eigenvalue weighted by Gasteiger charge is -2.08. The molecule has 1 aliphatic rings. The standard InChI is InChI=1S/C18H18N4O/c1-2-21-14-10-6-4-8-12(14)15-17(21)19-16-11-7-3-5-9-13(11)20-22(16)18(15)23/h4,6,8,10,19H,2-3,5,7,9H2,1H3. The molecule has 116 valence electrons. The zero-order chi connectivity index (χ0) is 15.6. The van der Waals surface area contributed by atoms with Crippen LogP contribution in [0.25, 0.3) is 27.6 Å². The van der Waals surface area contributed by atoms with Crippen LogP contribution in [0.2, 0.25) is 0 Å². The molecule has 5 heteroatoms. The van der Waals surface area contributed by atoms with Gasteiger partial charge < -0.3 is 9.55 Å². The topological polar surface area (TPSA) is 55.1 Å². The summed E-state index contributed by atoms with van der Waals surface area (Å²) in [4.78, 5) is 16.6. The molecule has 1 aromatic carbocycles. The Hall–Kier alpha value is -2.56. The van der Waals surface area contributed by atoms with Crippen LogP contribution in [0.3, 0.4) is 0 Å². The summed E-state index contributed by atoms with van der Waals surface area (Å²) in [5, 5.41) is 6.35. The summed E-state index contributed by atoms with van der Waals surface area (Å²) in [6.07, 6.45) is 4.32. The molecule has 0 saturated heterocycles. The van der Waals surface area contributed by atoms with Gasteiger partial charge in [-0.2, -0.15) is 9.61 Å². The summed E-state index contributed by atoms with van der Waals surface area (Å²) in [5.74, 6) is 0. The normalized spacial score (nSPS) is 14.8. The third kappa shape index (κ3) is 1.57. The van der Waals surface area contributed by atoms with Gasteiger partial charge in [-0.05, 0) is 38.7 Å². The van der Waals surface area contributed by atoms with Gasteiger partial charge in [0.2, 0.25) is 0 Å². The van der Waals surface area contributed by atoms with Gasteiger partial charge in [-0.1, -0.05) is 18.2 Å². The van der Waals surface area contributed by atoms with E-state index in [9.17, 15) is 4.79 Å². The van der Waals surface area contributed by atoms with Crippen molar-refractivity contribution in [3.8, 4) is 0 Å². The summed E-state index contributed by atoms with van der Waals surface area (Å²) in [6, 6.07) is 8.10. The summed E-state index contributed by atoms with van der Waals surface area (Å²) in [7, 11) is 0. The molecule has 3 heterocycles. The van der Waals surface area contributed by atoms with Crippen LogP contribution >= 0.6 is 0 Å². The van der Waals surface area contributed by atoms with Gasteiger partial charge in [-0.3, -0.25) is 4.79 Å². The van der Waals surface area contributed by atoms with Gasteiger partial charge in [0, 0.05) is 17.5 Å². The van der Waals surface area contributed by atoms with Gasteiger partial charge >= 0.3 is 0 Å². The molecule has 0 unspecified atom stereocenters. The van der Waals surface area contributed by atoms with Crippen molar-refractivity contribution in [2.45, 2.75) is 39.2 Å². The molecule has 0 atom stereocenters. The van der Waals surface area contributed by atoms with Gasteiger partial charge in [0.1, 0.15) is 11.3 Å². The van der Waals surface area contributed by atoms with Crippen LogP contribution in [0.4, 0.5) is 0 Å². The van der Waals surface area contributed by atoms with Crippen LogP contribution < -0.4 is 5.56 Å². The van der Waals surface area contributed by atoms with Gasteiger partial charge in [0.25, 0.3) is 5.56 Å². The number of nitrogens with zero attached hydrogens (tertiary/aromatic N) is 3. The molecule has 1 aliphatic carbocycles. The van der Waals surface area contributed by atoms with Crippen molar-refractivity contribution in [2.75, 3.05) is 0 Å². The zero-order valence-corrected chi connectivity index (χ0v) is 13.1. The third-order valence-electron chi connectivity index (χ3n) is 5.09. The maximum absolute atomic E-state index is 13.1. The van der Waals surface area contributed by atoms with Crippen molar-refractivity contribution in [3.05, 3.63) is 45.9 Å². The number of aromatic amines is 1. The fourth-order valence-corrected chi connectivity index (χ4v) is 4.03. The van der Waals surface area contributed by atoms with Crippen molar-refractivity contribution in [1.29, 1.82) is 0 Å². The van der Waals surface area contributed by atoms with Crippen LogP contribution in [0.15, 0.2) is 29.1 Å². The van der Waals surface area contributed by atoms with Crippen LogP contribution in [-0.4, -0.2) is 19.2 Å². The van der Waals surface area contributed by atoms with Gasteiger partial charge in [-0.15, -0.1) is 0 Å². The van der Waals surface area contributed by atoms with Crippen molar-refractivity contribution >= 4 is 27.6 Å². The molecule has 0 fully saturated rings. The SMILES string of the molecule is CCn1c2ccccc2c2c(=O)n3nc4c(c3[nH]c21)CCCC4. The molecule has 0 amide bonds. The molecule has 0 radical (unpaired) electrons. The molecule has 23 heavy (non-hydrogen) atoms. The smallest absolute Gasteiger partial charge is 0.284 e. The molecule has 0 spiro atoms. The highest BCUT2D eigenvalue weighted by Crippen LogP contribution is 2.28. The summed E-state index contributed by atoms with van der Waals surface area (Å²) < 4.78 is 3.78. The first-order valence-electron chi connectivity index (χ1n) is 8.33. The molecule has 5 rings (SSSR count). The van der Waals surface area contributed by atoms with Crippen molar-refractivity contribution in [1.82, 2.24) is 19.2 Å². The van der Waals surface area contributed by atoms with Crippen LogP contribution in [0, 0.1) is 0 Å². The van der Waals surface area contributed by atoms with E-state index in [4.69, 9.17) is 0 Å². The first-order chi connectivity index (χ1) is 11.3. The average Bonchev–Trinajstić information content (AvgIpc) is 3.11. The van der Waals surface area contributed by atoms with E-state index in [1.807, 2.05) is 18.2 Å². The molecular formula is C18H18N4O. The molecule has 0 bridgehead atoms. The van der Waals surface area contributed by atoms with E-state index in [1.54, 1.807) is 4.52 Å². The molecule has 0 saturated carbocycles. The number of hydrogen-bond donors (Lipinski definition) is 1. The maximum Gasteiger partial charge on any atom is 0.284 e. The molecular weight excluding hydrogens is 288 g/mol. The Kier molecular flexibility index (Phi) is 2.52. The van der Waals surface area contributed by atoms with Crippen LogP contribution in [0.5, 0.6) is 0 Å². The second-order valence-electron chi connectivity index (χ2n) is 6.31. The fourth-order valence-electron chi connectivity index (χ4n) is 4.03. The predicted molar refractivity (Wildman–Crippen MR) is 91.1 cm³/mol. The number of aryl methyl sites for hydroxylation is 3. The summed E-state index contributed by atoms with van der Waals surface area (Å²) >= 11 is 0. The first-order valence-corrected chi connectivity index (χ1v) is 8.33. The second kappa shape index (κ2) is 4.47. The quantitative estimate of drug-likeness (QED) is 0.587. The van der Waals surface area contributed by atoms with E-state index in [0.29, 0.717) is 0 Å². The number of hydrogen-bond acceptors (Lipinski definition) is 2. The highest BCUT2D eigenvalue weighted by Gasteiger charge is 2.22. The molecule has 4 aromatic rings. The highest BCUT2D eigenvalue weighted by molar-refractivity contribution is 6.06. The molecule has 0 aliphatic heterocycles. The van der Waals surface area contributed by atoms with E-state index < -0.39 is 0 Å². The predicted octanol–water partition coefficient (Wildman–Crippen LogP) is 3.03. The number of fused-ring (bicyclic) bond motifs is 6. The molecule has 3 aromatic heterocycles. The molecule has 5 nitrogen and oxygen atoms in total. The highest BCUT2D eigenvalue weighted by atomic mass is 16.1. The van der Waals surface area contributed by atoms with E-state index in [-0.39, 0.29) is 5.56 Å². The van der Waals surface area contributed by atoms with Crippen molar-refractivity contribution in [2.24, 2.45) is 0 Å². The Morgan fingerprint density at radius 3 is 2.87 bits per heavy atom. The van der Waals surface area contributed by atoms with E-state index in [0.717, 1.165) is 59.1 Å². The lowest BCUT2D eigenvalue weighted by molar-refractivity contribution is 0.672. The van der Waals surface area contributed by atoms with Gasteiger partial charge in [0.05, 0.1) is 16.6 Å². The monoisotopic (exact) mass is 306 g/mol. The maximum atomic E-state index is 13.1. The Balaban J connectivity index is 2.04. The first kappa shape index (κ1) is 12.9. The third-order valence-corrected chi connectivity index (χ3v) is 5.09. The Bertz CT molecular complexity index is 1130. The van der Waals surface area contributed by atoms with E-state index >= 15 is 0 Å². The minimum atomic E-state index is -0.00782. The van der Waals surface area contributed by atoms with Gasteiger partial charge in [-0.25, -0.2) is 0 Å². The Morgan fingerprint density at radius 1 is 1.17 bits per heavy atom. The van der Waals surface area contributed by atoms with E-state index in [1.165, 1.54) is 12.0 Å².